The Morgan fingerprint density at radius 3 is 2.59 bits per heavy atom. The van der Waals surface area contributed by atoms with Gasteiger partial charge in [-0.05, 0) is 38.0 Å². The van der Waals surface area contributed by atoms with Crippen LogP contribution in [0.4, 0.5) is 0 Å². The molecule has 1 unspecified atom stereocenters. The monoisotopic (exact) mass is 293 g/mol. The maximum absolute atomic E-state index is 5.96. The number of benzene rings is 1. The lowest BCUT2D eigenvalue weighted by atomic mass is 9.97. The molecule has 0 amide bonds. The highest BCUT2D eigenvalue weighted by molar-refractivity contribution is 5.71. The second-order valence-electron chi connectivity index (χ2n) is 6.19. The maximum Gasteiger partial charge on any atom is 0.140 e. The van der Waals surface area contributed by atoms with Gasteiger partial charge in [-0.2, -0.15) is 0 Å². The second-order valence-corrected chi connectivity index (χ2v) is 6.19. The highest BCUT2D eigenvalue weighted by atomic mass is 15.0. The van der Waals surface area contributed by atoms with Crippen LogP contribution in [-0.2, 0) is 0 Å². The molecule has 0 aliphatic heterocycles. The summed E-state index contributed by atoms with van der Waals surface area (Å²) in [6.45, 7) is 9.15. The van der Waals surface area contributed by atoms with Gasteiger partial charge in [0.05, 0.1) is 11.4 Å². The summed E-state index contributed by atoms with van der Waals surface area (Å²) in [7, 11) is 0. The maximum atomic E-state index is 5.96. The first-order valence-corrected chi connectivity index (χ1v) is 7.78. The Hall–Kier alpha value is -2.13. The Labute approximate surface area is 131 Å². The quantitative estimate of drug-likeness (QED) is 0.793. The van der Waals surface area contributed by atoms with E-state index >= 15 is 0 Å². The highest BCUT2D eigenvalue weighted by Crippen LogP contribution is 2.32. The summed E-state index contributed by atoms with van der Waals surface area (Å²) in [5.41, 5.74) is 14.2. The first kappa shape index (κ1) is 14.8. The smallest absolute Gasteiger partial charge is 0.140 e. The number of fused-ring (bicyclic) bond motifs is 1. The van der Waals surface area contributed by atoms with Crippen LogP contribution < -0.4 is 5.73 Å². The van der Waals surface area contributed by atoms with Crippen LogP contribution in [0.2, 0.25) is 0 Å². The van der Waals surface area contributed by atoms with Gasteiger partial charge in [-0.3, -0.25) is 0 Å². The molecule has 0 aliphatic rings. The number of nitrogens with two attached hydrogens (primary N) is 1. The fraction of sp³-hybridized carbons (Fsp3) is 0.316. The summed E-state index contributed by atoms with van der Waals surface area (Å²) >= 11 is 0. The molecular formula is C19H23N3. The zero-order valence-electron chi connectivity index (χ0n) is 13.7. The van der Waals surface area contributed by atoms with Gasteiger partial charge in [-0.1, -0.05) is 36.8 Å². The molecule has 0 saturated heterocycles. The lowest BCUT2D eigenvalue weighted by molar-refractivity contribution is 0.738. The normalized spacial score (nSPS) is 12.8. The molecule has 3 rings (SSSR count). The number of imidazole rings is 1. The number of nitrogens with zero attached hydrogens (tertiary/aromatic N) is 2. The lowest BCUT2D eigenvalue weighted by Gasteiger charge is -2.13. The van der Waals surface area contributed by atoms with Crippen molar-refractivity contribution in [1.82, 2.24) is 9.38 Å². The van der Waals surface area contributed by atoms with Gasteiger partial charge in [0.15, 0.2) is 0 Å². The predicted octanol–water partition coefficient (Wildman–Crippen LogP) is 3.99. The van der Waals surface area contributed by atoms with Crippen LogP contribution in [0, 0.1) is 20.8 Å². The van der Waals surface area contributed by atoms with Crippen LogP contribution in [0.15, 0.2) is 36.5 Å². The van der Waals surface area contributed by atoms with Gasteiger partial charge in [0, 0.05) is 24.2 Å². The predicted molar refractivity (Wildman–Crippen MR) is 92.3 cm³/mol. The third-order valence-corrected chi connectivity index (χ3v) is 4.34. The minimum absolute atomic E-state index is 0.257. The summed E-state index contributed by atoms with van der Waals surface area (Å²) in [6.07, 6.45) is 2.09. The molecule has 2 N–H and O–H groups in total. The zero-order valence-corrected chi connectivity index (χ0v) is 13.7. The summed E-state index contributed by atoms with van der Waals surface area (Å²) in [4.78, 5) is 4.95. The topological polar surface area (TPSA) is 43.3 Å². The van der Waals surface area contributed by atoms with Crippen LogP contribution in [0.3, 0.4) is 0 Å². The zero-order chi connectivity index (χ0) is 15.9. The van der Waals surface area contributed by atoms with E-state index in [9.17, 15) is 0 Å². The van der Waals surface area contributed by atoms with Crippen molar-refractivity contribution in [2.24, 2.45) is 5.73 Å². The van der Waals surface area contributed by atoms with Crippen molar-refractivity contribution in [1.29, 1.82) is 0 Å². The molecule has 114 valence electrons. The molecule has 2 aromatic heterocycles. The highest BCUT2D eigenvalue weighted by Gasteiger charge is 2.20. The van der Waals surface area contributed by atoms with E-state index in [2.05, 4.69) is 68.6 Å². The van der Waals surface area contributed by atoms with Crippen molar-refractivity contribution in [2.45, 2.75) is 33.6 Å². The largest absolute Gasteiger partial charge is 0.330 e. The van der Waals surface area contributed by atoms with E-state index in [1.165, 1.54) is 27.9 Å². The van der Waals surface area contributed by atoms with Gasteiger partial charge in [-0.25, -0.2) is 4.98 Å². The molecule has 0 saturated carbocycles. The Morgan fingerprint density at radius 1 is 1.14 bits per heavy atom. The number of hydrogen-bond donors (Lipinski definition) is 1. The van der Waals surface area contributed by atoms with Gasteiger partial charge < -0.3 is 10.1 Å². The third kappa shape index (κ3) is 2.32. The minimum atomic E-state index is 0.257. The number of pyridine rings is 1. The molecule has 22 heavy (non-hydrogen) atoms. The summed E-state index contributed by atoms with van der Waals surface area (Å²) in [5, 5.41) is 0. The van der Waals surface area contributed by atoms with Crippen molar-refractivity contribution in [2.75, 3.05) is 6.54 Å². The van der Waals surface area contributed by atoms with E-state index in [0.717, 1.165) is 11.3 Å². The van der Waals surface area contributed by atoms with Gasteiger partial charge in [-0.15, -0.1) is 0 Å². The summed E-state index contributed by atoms with van der Waals surface area (Å²) < 4.78 is 2.20. The first-order valence-electron chi connectivity index (χ1n) is 7.78. The fourth-order valence-electron chi connectivity index (χ4n) is 3.08. The van der Waals surface area contributed by atoms with Crippen LogP contribution >= 0.6 is 0 Å². The van der Waals surface area contributed by atoms with Crippen LogP contribution in [0.5, 0.6) is 0 Å². The SMILES string of the molecule is Cc1ccc(-c2nc3c(C)cccn3c2C(C)CN)c(C)c1. The van der Waals surface area contributed by atoms with Gasteiger partial charge >= 0.3 is 0 Å². The van der Waals surface area contributed by atoms with Gasteiger partial charge in [0.25, 0.3) is 0 Å². The lowest BCUT2D eigenvalue weighted by Crippen LogP contribution is -2.12. The van der Waals surface area contributed by atoms with Crippen LogP contribution in [0.1, 0.15) is 35.2 Å². The average Bonchev–Trinajstić information content (AvgIpc) is 2.87. The average molecular weight is 293 g/mol. The minimum Gasteiger partial charge on any atom is -0.330 e. The van der Waals surface area contributed by atoms with Crippen molar-refractivity contribution in [3.63, 3.8) is 0 Å². The van der Waals surface area contributed by atoms with Crippen molar-refractivity contribution < 1.29 is 0 Å². The van der Waals surface area contributed by atoms with Crippen molar-refractivity contribution in [3.05, 3.63) is 58.9 Å². The molecule has 0 aliphatic carbocycles. The Balaban J connectivity index is 2.35. The molecule has 0 spiro atoms. The van der Waals surface area contributed by atoms with E-state index in [1.54, 1.807) is 0 Å². The molecule has 0 radical (unpaired) electrons. The molecule has 0 bridgehead atoms. The molecular weight excluding hydrogens is 270 g/mol. The summed E-state index contributed by atoms with van der Waals surface area (Å²) in [6, 6.07) is 10.7. The van der Waals surface area contributed by atoms with E-state index < -0.39 is 0 Å². The molecule has 3 nitrogen and oxygen atoms in total. The number of rotatable bonds is 3. The Morgan fingerprint density at radius 2 is 1.91 bits per heavy atom. The fourth-order valence-corrected chi connectivity index (χ4v) is 3.08. The molecule has 3 heteroatoms. The molecule has 3 aromatic rings. The number of hydrogen-bond acceptors (Lipinski definition) is 2. The third-order valence-electron chi connectivity index (χ3n) is 4.34. The Kier molecular flexibility index (Phi) is 3.75. The van der Waals surface area contributed by atoms with E-state index in [-0.39, 0.29) is 5.92 Å². The van der Waals surface area contributed by atoms with Gasteiger partial charge in [0.1, 0.15) is 5.65 Å². The van der Waals surface area contributed by atoms with Gasteiger partial charge in [0.2, 0.25) is 0 Å². The number of aryl methyl sites for hydroxylation is 3. The van der Waals surface area contributed by atoms with E-state index in [1.807, 2.05) is 0 Å². The molecule has 2 heterocycles. The first-order chi connectivity index (χ1) is 10.5. The van der Waals surface area contributed by atoms with E-state index in [0.29, 0.717) is 6.54 Å². The van der Waals surface area contributed by atoms with Crippen LogP contribution in [0.25, 0.3) is 16.9 Å². The number of aromatic nitrogens is 2. The van der Waals surface area contributed by atoms with Crippen molar-refractivity contribution in [3.8, 4) is 11.3 Å². The van der Waals surface area contributed by atoms with Crippen molar-refractivity contribution >= 4 is 5.65 Å². The molecule has 1 atom stereocenters. The second kappa shape index (κ2) is 5.58. The standard InChI is InChI=1S/C19H23N3/c1-12-7-8-16(14(3)10-12)17-18(15(4)11-20)22-9-5-6-13(2)19(22)21-17/h5-10,15H,11,20H2,1-4H3. The summed E-state index contributed by atoms with van der Waals surface area (Å²) in [5.74, 6) is 0.257. The van der Waals surface area contributed by atoms with E-state index in [4.69, 9.17) is 10.7 Å². The molecule has 0 fully saturated rings. The Bertz CT molecular complexity index is 830. The van der Waals surface area contributed by atoms with Crippen LogP contribution in [-0.4, -0.2) is 15.9 Å². The molecule has 1 aromatic carbocycles.